The zero-order valence-corrected chi connectivity index (χ0v) is 15.8. The standard InChI is InChI=1S/C23H26O4/c1-4-10-19-14-21(26-16-18-12-8-7-9-13-18)15-20(11-5-2)23(19)27-17-22(24)25-6-3/h4-5,7-9,12-15H,1-2,6,10-11,16-17H2,3H3. The highest BCUT2D eigenvalue weighted by molar-refractivity contribution is 5.71. The number of rotatable bonds is 11. The summed E-state index contributed by atoms with van der Waals surface area (Å²) in [6.07, 6.45) is 4.80. The van der Waals surface area contributed by atoms with E-state index in [1.807, 2.05) is 42.5 Å². The van der Waals surface area contributed by atoms with Crippen LogP contribution in [0, 0.1) is 0 Å². The molecule has 2 aromatic rings. The lowest BCUT2D eigenvalue weighted by Crippen LogP contribution is -2.16. The Morgan fingerprint density at radius 2 is 1.63 bits per heavy atom. The molecular weight excluding hydrogens is 340 g/mol. The molecule has 0 aromatic heterocycles. The largest absolute Gasteiger partial charge is 0.489 e. The summed E-state index contributed by atoms with van der Waals surface area (Å²) in [6, 6.07) is 13.8. The van der Waals surface area contributed by atoms with Gasteiger partial charge in [0, 0.05) is 11.1 Å². The van der Waals surface area contributed by atoms with E-state index in [1.54, 1.807) is 19.1 Å². The maximum Gasteiger partial charge on any atom is 0.344 e. The van der Waals surface area contributed by atoms with E-state index < -0.39 is 5.97 Å². The summed E-state index contributed by atoms with van der Waals surface area (Å²) in [5, 5.41) is 0. The fourth-order valence-corrected chi connectivity index (χ4v) is 2.68. The first-order valence-corrected chi connectivity index (χ1v) is 9.00. The van der Waals surface area contributed by atoms with Crippen LogP contribution in [0.5, 0.6) is 11.5 Å². The van der Waals surface area contributed by atoms with E-state index in [2.05, 4.69) is 13.2 Å². The molecule has 0 atom stereocenters. The molecular formula is C23H26O4. The first-order chi connectivity index (χ1) is 13.2. The molecule has 0 unspecified atom stereocenters. The van der Waals surface area contributed by atoms with Gasteiger partial charge in [0.25, 0.3) is 0 Å². The lowest BCUT2D eigenvalue weighted by atomic mass is 10.0. The van der Waals surface area contributed by atoms with Crippen LogP contribution in [-0.4, -0.2) is 19.2 Å². The molecule has 4 nitrogen and oxygen atoms in total. The summed E-state index contributed by atoms with van der Waals surface area (Å²) >= 11 is 0. The Morgan fingerprint density at radius 1 is 1.00 bits per heavy atom. The maximum atomic E-state index is 11.7. The van der Waals surface area contributed by atoms with Gasteiger partial charge in [-0.1, -0.05) is 42.5 Å². The van der Waals surface area contributed by atoms with Crippen LogP contribution in [0.4, 0.5) is 0 Å². The van der Waals surface area contributed by atoms with Crippen LogP contribution in [0.25, 0.3) is 0 Å². The molecule has 0 spiro atoms. The number of hydrogen-bond donors (Lipinski definition) is 0. The van der Waals surface area contributed by atoms with Crippen molar-refractivity contribution in [1.82, 2.24) is 0 Å². The SMILES string of the molecule is C=CCc1cc(OCc2ccccc2)cc(CC=C)c1OCC(=O)OCC. The highest BCUT2D eigenvalue weighted by Crippen LogP contribution is 2.31. The van der Waals surface area contributed by atoms with Crippen molar-refractivity contribution >= 4 is 5.97 Å². The van der Waals surface area contributed by atoms with Crippen LogP contribution in [0.2, 0.25) is 0 Å². The van der Waals surface area contributed by atoms with E-state index in [4.69, 9.17) is 14.2 Å². The topological polar surface area (TPSA) is 44.8 Å². The van der Waals surface area contributed by atoms with Crippen molar-refractivity contribution in [2.75, 3.05) is 13.2 Å². The minimum Gasteiger partial charge on any atom is -0.489 e. The molecule has 4 heteroatoms. The average molecular weight is 366 g/mol. The van der Waals surface area contributed by atoms with Gasteiger partial charge in [-0.3, -0.25) is 0 Å². The zero-order chi connectivity index (χ0) is 19.5. The van der Waals surface area contributed by atoms with Gasteiger partial charge in [-0.15, -0.1) is 13.2 Å². The third kappa shape index (κ3) is 6.33. The van der Waals surface area contributed by atoms with Crippen molar-refractivity contribution in [2.24, 2.45) is 0 Å². The fraction of sp³-hybridized carbons (Fsp3) is 0.261. The molecule has 0 fully saturated rings. The lowest BCUT2D eigenvalue weighted by molar-refractivity contribution is -0.145. The van der Waals surface area contributed by atoms with Crippen LogP contribution in [0.1, 0.15) is 23.6 Å². The summed E-state index contributed by atoms with van der Waals surface area (Å²) in [7, 11) is 0. The summed E-state index contributed by atoms with van der Waals surface area (Å²) in [6.45, 7) is 10.1. The van der Waals surface area contributed by atoms with Crippen LogP contribution >= 0.6 is 0 Å². The van der Waals surface area contributed by atoms with E-state index in [-0.39, 0.29) is 6.61 Å². The van der Waals surface area contributed by atoms with Crippen molar-refractivity contribution < 1.29 is 19.0 Å². The molecule has 0 aliphatic rings. The van der Waals surface area contributed by atoms with Gasteiger partial charge in [-0.2, -0.15) is 0 Å². The predicted molar refractivity (Wildman–Crippen MR) is 107 cm³/mol. The molecule has 2 aromatic carbocycles. The Morgan fingerprint density at radius 3 is 2.19 bits per heavy atom. The van der Waals surface area contributed by atoms with Gasteiger partial charge in [0.1, 0.15) is 18.1 Å². The number of ether oxygens (including phenoxy) is 3. The molecule has 0 saturated carbocycles. The average Bonchev–Trinajstić information content (AvgIpc) is 2.67. The first kappa shape index (κ1) is 20.3. The highest BCUT2D eigenvalue weighted by atomic mass is 16.6. The first-order valence-electron chi connectivity index (χ1n) is 9.00. The number of carbonyl (C=O) groups is 1. The van der Waals surface area contributed by atoms with E-state index in [9.17, 15) is 4.79 Å². The van der Waals surface area contributed by atoms with Gasteiger partial charge in [0.15, 0.2) is 6.61 Å². The Kier molecular flexibility index (Phi) is 8.17. The number of esters is 1. The number of benzene rings is 2. The van der Waals surface area contributed by atoms with Crippen LogP contribution < -0.4 is 9.47 Å². The normalized spacial score (nSPS) is 10.1. The smallest absolute Gasteiger partial charge is 0.344 e. The van der Waals surface area contributed by atoms with E-state index in [1.165, 1.54) is 0 Å². The lowest BCUT2D eigenvalue weighted by Gasteiger charge is -2.17. The molecule has 0 N–H and O–H groups in total. The van der Waals surface area contributed by atoms with Gasteiger partial charge < -0.3 is 14.2 Å². The van der Waals surface area contributed by atoms with Gasteiger partial charge in [-0.05, 0) is 37.5 Å². The molecule has 142 valence electrons. The predicted octanol–water partition coefficient (Wildman–Crippen LogP) is 4.66. The second-order valence-corrected chi connectivity index (χ2v) is 5.92. The molecule has 0 aliphatic heterocycles. The Labute approximate surface area is 161 Å². The van der Waals surface area contributed by atoms with Crippen molar-refractivity contribution in [2.45, 2.75) is 26.4 Å². The monoisotopic (exact) mass is 366 g/mol. The number of carbonyl (C=O) groups excluding carboxylic acids is 1. The number of hydrogen-bond acceptors (Lipinski definition) is 4. The summed E-state index contributed by atoms with van der Waals surface area (Å²) in [5.74, 6) is 1.02. The molecule has 2 rings (SSSR count). The number of allylic oxidation sites excluding steroid dienone is 2. The van der Waals surface area contributed by atoms with Gasteiger partial charge in [-0.25, -0.2) is 4.79 Å². The highest BCUT2D eigenvalue weighted by Gasteiger charge is 2.14. The second-order valence-electron chi connectivity index (χ2n) is 5.92. The summed E-state index contributed by atoms with van der Waals surface area (Å²) < 4.78 is 16.7. The molecule has 0 saturated heterocycles. The molecule has 27 heavy (non-hydrogen) atoms. The Balaban J connectivity index is 2.24. The zero-order valence-electron chi connectivity index (χ0n) is 15.8. The van der Waals surface area contributed by atoms with E-state index >= 15 is 0 Å². The van der Waals surface area contributed by atoms with Crippen LogP contribution in [0.3, 0.4) is 0 Å². The molecule has 0 heterocycles. The molecule has 0 radical (unpaired) electrons. The minimum atomic E-state index is -0.393. The van der Waals surface area contributed by atoms with E-state index in [0.717, 1.165) is 22.4 Å². The third-order valence-electron chi connectivity index (χ3n) is 3.83. The summed E-state index contributed by atoms with van der Waals surface area (Å²) in [4.78, 5) is 11.7. The van der Waals surface area contributed by atoms with Crippen LogP contribution in [0.15, 0.2) is 67.8 Å². The van der Waals surface area contributed by atoms with Crippen molar-refractivity contribution in [3.05, 3.63) is 84.5 Å². The molecule has 0 aliphatic carbocycles. The van der Waals surface area contributed by atoms with Gasteiger partial charge in [0.2, 0.25) is 0 Å². The van der Waals surface area contributed by atoms with Gasteiger partial charge in [0.05, 0.1) is 6.61 Å². The molecule has 0 amide bonds. The summed E-state index contributed by atoms with van der Waals surface area (Å²) in [5.41, 5.74) is 2.92. The molecule has 0 bridgehead atoms. The second kappa shape index (κ2) is 10.9. The quantitative estimate of drug-likeness (QED) is 0.428. The fourth-order valence-electron chi connectivity index (χ4n) is 2.68. The van der Waals surface area contributed by atoms with Crippen molar-refractivity contribution in [3.63, 3.8) is 0 Å². The Bertz CT molecular complexity index is 734. The maximum absolute atomic E-state index is 11.7. The Hall–Kier alpha value is -3.01. The van der Waals surface area contributed by atoms with Crippen molar-refractivity contribution in [3.8, 4) is 11.5 Å². The van der Waals surface area contributed by atoms with Crippen LogP contribution in [-0.2, 0) is 29.0 Å². The third-order valence-corrected chi connectivity index (χ3v) is 3.83. The minimum absolute atomic E-state index is 0.133. The van der Waals surface area contributed by atoms with Gasteiger partial charge >= 0.3 is 5.97 Å². The van der Waals surface area contributed by atoms with Crippen molar-refractivity contribution in [1.29, 1.82) is 0 Å². The van der Waals surface area contributed by atoms with E-state index in [0.29, 0.717) is 31.8 Å².